The van der Waals surface area contributed by atoms with Crippen molar-refractivity contribution in [1.82, 2.24) is 5.32 Å². The van der Waals surface area contributed by atoms with Gasteiger partial charge in [-0.1, -0.05) is 56.0 Å². The van der Waals surface area contributed by atoms with Gasteiger partial charge in [0.05, 0.1) is 0 Å². The van der Waals surface area contributed by atoms with E-state index in [0.29, 0.717) is 13.0 Å². The summed E-state index contributed by atoms with van der Waals surface area (Å²) in [5, 5.41) is 3.16. The Labute approximate surface area is 140 Å². The number of halogens is 1. The lowest BCUT2D eigenvalue weighted by Crippen LogP contribution is -2.40. The Morgan fingerprint density at radius 3 is 2.32 bits per heavy atom. The van der Waals surface area contributed by atoms with E-state index in [0.717, 1.165) is 13.0 Å². The van der Waals surface area contributed by atoms with Crippen molar-refractivity contribution in [1.29, 1.82) is 0 Å². The summed E-state index contributed by atoms with van der Waals surface area (Å²) in [5.41, 5.74) is 6.98. The second-order valence-electron chi connectivity index (χ2n) is 6.23. The van der Waals surface area contributed by atoms with Crippen LogP contribution in [0.15, 0.2) is 30.3 Å². The summed E-state index contributed by atoms with van der Waals surface area (Å²) in [6, 6.07) is 10.7. The molecule has 1 aromatic rings. The lowest BCUT2D eigenvalue weighted by Gasteiger charge is -2.34. The Morgan fingerprint density at radius 2 is 1.73 bits per heavy atom. The molecule has 1 fully saturated rings. The number of carbonyl (C=O) groups is 1. The van der Waals surface area contributed by atoms with Crippen molar-refractivity contribution in [3.8, 4) is 0 Å². The molecule has 3 nitrogen and oxygen atoms in total. The van der Waals surface area contributed by atoms with E-state index in [1.807, 2.05) is 0 Å². The fourth-order valence-corrected chi connectivity index (χ4v) is 3.38. The molecule has 1 aliphatic carbocycles. The molecule has 0 aliphatic heterocycles. The molecule has 0 spiro atoms. The SMILES string of the molecule is Cl.NCCCC(=O)NCC1(c2ccccc2)CCCCCC1. The summed E-state index contributed by atoms with van der Waals surface area (Å²) in [6.07, 6.45) is 8.81. The molecule has 1 aromatic carbocycles. The van der Waals surface area contributed by atoms with Crippen molar-refractivity contribution in [2.75, 3.05) is 13.1 Å². The van der Waals surface area contributed by atoms with Crippen LogP contribution in [0.1, 0.15) is 56.9 Å². The fourth-order valence-electron chi connectivity index (χ4n) is 3.38. The van der Waals surface area contributed by atoms with Crippen LogP contribution in [0.25, 0.3) is 0 Å². The third kappa shape index (κ3) is 5.29. The average Bonchev–Trinajstić information content (AvgIpc) is 2.78. The maximum Gasteiger partial charge on any atom is 0.220 e. The van der Waals surface area contributed by atoms with Gasteiger partial charge in [-0.3, -0.25) is 4.79 Å². The van der Waals surface area contributed by atoms with Gasteiger partial charge in [0.25, 0.3) is 0 Å². The standard InChI is InChI=1S/C18H28N2O.ClH/c19-14-8-11-17(21)20-15-18(12-6-1-2-7-13-18)16-9-4-3-5-10-16;/h3-5,9-10H,1-2,6-8,11-15,19H2,(H,20,21);1H. The summed E-state index contributed by atoms with van der Waals surface area (Å²) >= 11 is 0. The lowest BCUT2D eigenvalue weighted by atomic mass is 9.74. The smallest absolute Gasteiger partial charge is 0.220 e. The molecule has 0 unspecified atom stereocenters. The van der Waals surface area contributed by atoms with E-state index in [1.54, 1.807) is 0 Å². The molecule has 1 amide bonds. The predicted molar refractivity (Wildman–Crippen MR) is 94.4 cm³/mol. The van der Waals surface area contributed by atoms with Gasteiger partial charge >= 0.3 is 0 Å². The van der Waals surface area contributed by atoms with Gasteiger partial charge in [-0.25, -0.2) is 0 Å². The van der Waals surface area contributed by atoms with Crippen LogP contribution >= 0.6 is 12.4 Å². The Bertz CT molecular complexity index is 428. The van der Waals surface area contributed by atoms with Crippen molar-refractivity contribution >= 4 is 18.3 Å². The second kappa shape index (κ2) is 9.86. The number of carbonyl (C=O) groups excluding carboxylic acids is 1. The molecule has 0 atom stereocenters. The average molecular weight is 325 g/mol. The first kappa shape index (κ1) is 19.0. The topological polar surface area (TPSA) is 55.1 Å². The van der Waals surface area contributed by atoms with Crippen molar-refractivity contribution in [2.24, 2.45) is 5.73 Å². The highest BCUT2D eigenvalue weighted by atomic mass is 35.5. The molecule has 0 radical (unpaired) electrons. The van der Waals surface area contributed by atoms with E-state index in [9.17, 15) is 4.79 Å². The molecule has 22 heavy (non-hydrogen) atoms. The first-order valence-electron chi connectivity index (χ1n) is 8.29. The zero-order valence-electron chi connectivity index (χ0n) is 13.4. The number of amides is 1. The van der Waals surface area contributed by atoms with Crippen molar-refractivity contribution in [3.63, 3.8) is 0 Å². The molecule has 1 saturated carbocycles. The Hall–Kier alpha value is -1.06. The highest BCUT2D eigenvalue weighted by Gasteiger charge is 2.32. The lowest BCUT2D eigenvalue weighted by molar-refractivity contribution is -0.121. The predicted octanol–water partition coefficient (Wildman–Crippen LogP) is 3.56. The quantitative estimate of drug-likeness (QED) is 0.786. The Kier molecular flexibility index (Phi) is 8.51. The number of hydrogen-bond donors (Lipinski definition) is 2. The van der Waals surface area contributed by atoms with Crippen LogP contribution < -0.4 is 11.1 Å². The van der Waals surface area contributed by atoms with Crippen LogP contribution in [0.2, 0.25) is 0 Å². The minimum atomic E-state index is 0. The van der Waals surface area contributed by atoms with Crippen molar-refractivity contribution < 1.29 is 4.79 Å². The molecule has 0 bridgehead atoms. The summed E-state index contributed by atoms with van der Waals surface area (Å²) in [4.78, 5) is 11.9. The normalized spacial score (nSPS) is 17.1. The van der Waals surface area contributed by atoms with E-state index in [1.165, 1.54) is 44.1 Å². The first-order chi connectivity index (χ1) is 10.3. The number of nitrogens with two attached hydrogens (primary N) is 1. The number of benzene rings is 1. The van der Waals surface area contributed by atoms with Crippen LogP contribution in [0.3, 0.4) is 0 Å². The largest absolute Gasteiger partial charge is 0.355 e. The molecule has 1 aliphatic rings. The summed E-state index contributed by atoms with van der Waals surface area (Å²) < 4.78 is 0. The number of nitrogens with one attached hydrogen (secondary N) is 1. The summed E-state index contributed by atoms with van der Waals surface area (Å²) in [5.74, 6) is 0.139. The fraction of sp³-hybridized carbons (Fsp3) is 0.611. The highest BCUT2D eigenvalue weighted by Crippen LogP contribution is 2.37. The van der Waals surface area contributed by atoms with E-state index in [4.69, 9.17) is 5.73 Å². The Balaban J connectivity index is 0.00000242. The van der Waals surface area contributed by atoms with Gasteiger partial charge in [0.2, 0.25) is 5.91 Å². The van der Waals surface area contributed by atoms with Crippen LogP contribution in [0.5, 0.6) is 0 Å². The number of rotatable bonds is 6. The van der Waals surface area contributed by atoms with Gasteiger partial charge in [0.1, 0.15) is 0 Å². The molecule has 0 heterocycles. The van der Waals surface area contributed by atoms with E-state index in [2.05, 4.69) is 35.6 Å². The van der Waals surface area contributed by atoms with E-state index >= 15 is 0 Å². The molecular weight excluding hydrogens is 296 g/mol. The first-order valence-corrected chi connectivity index (χ1v) is 8.29. The van der Waals surface area contributed by atoms with Gasteiger partial charge in [-0.2, -0.15) is 0 Å². The second-order valence-corrected chi connectivity index (χ2v) is 6.23. The van der Waals surface area contributed by atoms with Crippen LogP contribution in [0.4, 0.5) is 0 Å². The zero-order chi connectivity index (χ0) is 15.0. The van der Waals surface area contributed by atoms with Gasteiger partial charge in [0, 0.05) is 18.4 Å². The Morgan fingerprint density at radius 1 is 1.09 bits per heavy atom. The summed E-state index contributed by atoms with van der Waals surface area (Å²) in [7, 11) is 0. The molecule has 3 N–H and O–H groups in total. The van der Waals surface area contributed by atoms with E-state index < -0.39 is 0 Å². The molecule has 2 rings (SSSR count). The molecule has 124 valence electrons. The maximum absolute atomic E-state index is 11.9. The van der Waals surface area contributed by atoms with Crippen LogP contribution in [0, 0.1) is 0 Å². The number of hydrogen-bond acceptors (Lipinski definition) is 2. The van der Waals surface area contributed by atoms with Crippen LogP contribution in [-0.2, 0) is 10.2 Å². The van der Waals surface area contributed by atoms with Crippen molar-refractivity contribution in [3.05, 3.63) is 35.9 Å². The summed E-state index contributed by atoms with van der Waals surface area (Å²) in [6.45, 7) is 1.34. The zero-order valence-corrected chi connectivity index (χ0v) is 14.2. The van der Waals surface area contributed by atoms with Crippen LogP contribution in [-0.4, -0.2) is 19.0 Å². The van der Waals surface area contributed by atoms with Gasteiger partial charge in [-0.15, -0.1) is 12.4 Å². The molecule has 0 saturated heterocycles. The van der Waals surface area contributed by atoms with Gasteiger partial charge in [-0.05, 0) is 31.4 Å². The maximum atomic E-state index is 11.9. The van der Waals surface area contributed by atoms with Crippen molar-refractivity contribution in [2.45, 2.75) is 56.8 Å². The minimum Gasteiger partial charge on any atom is -0.355 e. The van der Waals surface area contributed by atoms with E-state index in [-0.39, 0.29) is 23.7 Å². The molecule has 4 heteroatoms. The minimum absolute atomic E-state index is 0. The monoisotopic (exact) mass is 324 g/mol. The molecule has 0 aromatic heterocycles. The third-order valence-electron chi connectivity index (χ3n) is 4.68. The van der Waals surface area contributed by atoms with Gasteiger partial charge in [0.15, 0.2) is 0 Å². The highest BCUT2D eigenvalue weighted by molar-refractivity contribution is 5.85. The third-order valence-corrected chi connectivity index (χ3v) is 4.68. The van der Waals surface area contributed by atoms with Gasteiger partial charge < -0.3 is 11.1 Å². The molecular formula is C18H29ClN2O.